The first-order valence-corrected chi connectivity index (χ1v) is 7.81. The van der Waals surface area contributed by atoms with E-state index in [0.29, 0.717) is 12.1 Å². The van der Waals surface area contributed by atoms with E-state index in [2.05, 4.69) is 5.16 Å². The molecule has 0 atom stereocenters. The lowest BCUT2D eigenvalue weighted by Crippen LogP contribution is -2.05. The molecule has 0 saturated carbocycles. The van der Waals surface area contributed by atoms with Gasteiger partial charge in [0.1, 0.15) is 5.75 Å². The van der Waals surface area contributed by atoms with Crippen molar-refractivity contribution >= 4 is 17.4 Å². The van der Waals surface area contributed by atoms with Gasteiger partial charge in [-0.2, -0.15) is 0 Å². The van der Waals surface area contributed by atoms with Crippen molar-refractivity contribution in [3.63, 3.8) is 0 Å². The Morgan fingerprint density at radius 2 is 1.92 bits per heavy atom. The van der Waals surface area contributed by atoms with Crippen molar-refractivity contribution in [2.24, 2.45) is 5.16 Å². The van der Waals surface area contributed by atoms with Crippen LogP contribution in [0.1, 0.15) is 27.9 Å². The van der Waals surface area contributed by atoms with Gasteiger partial charge < -0.3 is 14.3 Å². The first kappa shape index (κ1) is 17.4. The lowest BCUT2D eigenvalue weighted by molar-refractivity contribution is -0.385. The zero-order chi connectivity index (χ0) is 18.7. The van der Waals surface area contributed by atoms with E-state index in [1.807, 2.05) is 18.2 Å². The van der Waals surface area contributed by atoms with Crippen LogP contribution in [0.25, 0.3) is 0 Å². The highest BCUT2D eigenvalue weighted by Crippen LogP contribution is 2.29. The highest BCUT2D eigenvalue weighted by molar-refractivity contribution is 6.04. The molecule has 3 rings (SSSR count). The van der Waals surface area contributed by atoms with Gasteiger partial charge in [-0.1, -0.05) is 5.16 Å². The van der Waals surface area contributed by atoms with E-state index in [0.717, 1.165) is 29.4 Å². The Hall–Kier alpha value is -3.42. The van der Waals surface area contributed by atoms with Crippen LogP contribution in [-0.4, -0.2) is 30.8 Å². The van der Waals surface area contributed by atoms with E-state index in [9.17, 15) is 14.9 Å². The summed E-state index contributed by atoms with van der Waals surface area (Å²) in [6, 6.07) is 9.45. The number of hydrogen-bond acceptors (Lipinski definition) is 7. The number of nitro benzene ring substituents is 1. The number of carbonyl (C=O) groups excluding carboxylic acids is 1. The molecule has 1 aliphatic rings. The largest absolute Gasteiger partial charge is 0.497 e. The van der Waals surface area contributed by atoms with Crippen LogP contribution in [0.3, 0.4) is 0 Å². The Labute approximate surface area is 149 Å². The molecule has 0 unspecified atom stereocenters. The number of carbonyl (C=O) groups is 1. The molecule has 2 aromatic carbocycles. The van der Waals surface area contributed by atoms with Crippen LogP contribution in [0.4, 0.5) is 5.69 Å². The molecule has 0 aliphatic heterocycles. The molecule has 0 radical (unpaired) electrons. The summed E-state index contributed by atoms with van der Waals surface area (Å²) in [5.41, 5.74) is 2.33. The number of nitrogens with zero attached hydrogens (tertiary/aromatic N) is 2. The number of nitro groups is 1. The van der Waals surface area contributed by atoms with Crippen molar-refractivity contribution in [2.45, 2.75) is 12.8 Å². The predicted molar refractivity (Wildman–Crippen MR) is 92.9 cm³/mol. The van der Waals surface area contributed by atoms with Crippen molar-refractivity contribution in [2.75, 3.05) is 14.2 Å². The quantitative estimate of drug-likeness (QED) is 0.463. The fraction of sp³-hybridized carbons (Fsp3) is 0.222. The van der Waals surface area contributed by atoms with E-state index in [1.54, 1.807) is 7.11 Å². The van der Waals surface area contributed by atoms with E-state index in [-0.39, 0.29) is 17.0 Å². The maximum Gasteiger partial charge on any atom is 0.365 e. The molecule has 1 aliphatic carbocycles. The van der Waals surface area contributed by atoms with Gasteiger partial charge in [0, 0.05) is 11.6 Å². The number of methoxy groups -OCH3 is 2. The van der Waals surface area contributed by atoms with Crippen LogP contribution in [-0.2, 0) is 11.3 Å². The summed E-state index contributed by atoms with van der Waals surface area (Å²) < 4.78 is 10.1. The second-order valence-corrected chi connectivity index (χ2v) is 5.58. The van der Waals surface area contributed by atoms with Gasteiger partial charge in [-0.15, -0.1) is 0 Å². The smallest absolute Gasteiger partial charge is 0.365 e. The number of ether oxygens (including phenoxy) is 2. The zero-order valence-corrected chi connectivity index (χ0v) is 14.2. The van der Waals surface area contributed by atoms with Crippen LogP contribution in [0.2, 0.25) is 0 Å². The van der Waals surface area contributed by atoms with Gasteiger partial charge in [0.05, 0.1) is 30.4 Å². The second-order valence-electron chi connectivity index (χ2n) is 5.58. The van der Waals surface area contributed by atoms with Crippen LogP contribution < -0.4 is 9.47 Å². The maximum atomic E-state index is 12.2. The fourth-order valence-corrected chi connectivity index (χ4v) is 2.78. The molecule has 0 N–H and O–H groups in total. The highest BCUT2D eigenvalue weighted by Gasteiger charge is 2.21. The second kappa shape index (κ2) is 7.22. The first-order chi connectivity index (χ1) is 12.5. The minimum Gasteiger partial charge on any atom is -0.497 e. The molecule has 0 heterocycles. The molecule has 0 spiro atoms. The Kier molecular flexibility index (Phi) is 4.83. The average molecular weight is 356 g/mol. The molecular formula is C18H16N2O6. The molecular weight excluding hydrogens is 340 g/mol. The van der Waals surface area contributed by atoms with Gasteiger partial charge in [0.2, 0.25) is 0 Å². The average Bonchev–Trinajstić information content (AvgIpc) is 3.07. The minimum atomic E-state index is -0.773. The van der Waals surface area contributed by atoms with Crippen molar-refractivity contribution in [3.8, 4) is 11.5 Å². The minimum absolute atomic E-state index is 0.0230. The molecule has 0 bridgehead atoms. The molecule has 8 heteroatoms. The summed E-state index contributed by atoms with van der Waals surface area (Å²) in [6.07, 6.45) is 1.41. The predicted octanol–water partition coefficient (Wildman–Crippen LogP) is 3.12. The summed E-state index contributed by atoms with van der Waals surface area (Å²) in [5, 5.41) is 15.0. The molecule has 26 heavy (non-hydrogen) atoms. The molecule has 2 aromatic rings. The van der Waals surface area contributed by atoms with Gasteiger partial charge in [0.15, 0.2) is 5.75 Å². The van der Waals surface area contributed by atoms with Gasteiger partial charge >= 0.3 is 11.7 Å². The van der Waals surface area contributed by atoms with Crippen LogP contribution >= 0.6 is 0 Å². The topological polar surface area (TPSA) is 100 Å². The highest BCUT2D eigenvalue weighted by atomic mass is 16.7. The number of rotatable bonds is 5. The summed E-state index contributed by atoms with van der Waals surface area (Å²) in [4.78, 5) is 27.6. The molecule has 0 aromatic heterocycles. The molecule has 134 valence electrons. The third-order valence-electron chi connectivity index (χ3n) is 4.10. The van der Waals surface area contributed by atoms with E-state index >= 15 is 0 Å². The van der Waals surface area contributed by atoms with Crippen molar-refractivity contribution in [1.82, 2.24) is 0 Å². The normalized spacial score (nSPS) is 14.0. The summed E-state index contributed by atoms with van der Waals surface area (Å²) >= 11 is 0. The number of oxime groups is 1. The maximum absolute atomic E-state index is 12.2. The Morgan fingerprint density at radius 3 is 2.62 bits per heavy atom. The Balaban J connectivity index is 1.79. The Bertz CT molecular complexity index is 907. The van der Waals surface area contributed by atoms with Crippen LogP contribution in [0.5, 0.6) is 11.5 Å². The van der Waals surface area contributed by atoms with E-state index < -0.39 is 10.9 Å². The summed E-state index contributed by atoms with van der Waals surface area (Å²) in [7, 11) is 2.92. The van der Waals surface area contributed by atoms with Crippen molar-refractivity contribution < 1.29 is 24.0 Å². The Morgan fingerprint density at radius 1 is 1.12 bits per heavy atom. The number of aryl methyl sites for hydroxylation is 1. The van der Waals surface area contributed by atoms with E-state index in [1.165, 1.54) is 19.2 Å². The fourth-order valence-electron chi connectivity index (χ4n) is 2.78. The zero-order valence-electron chi connectivity index (χ0n) is 14.2. The van der Waals surface area contributed by atoms with Gasteiger partial charge in [-0.3, -0.25) is 10.1 Å². The summed E-state index contributed by atoms with van der Waals surface area (Å²) in [6.45, 7) is 0. The third kappa shape index (κ3) is 3.34. The number of hydrogen-bond donors (Lipinski definition) is 0. The van der Waals surface area contributed by atoms with Crippen LogP contribution in [0.15, 0.2) is 41.6 Å². The number of fused-ring (bicyclic) bond motifs is 1. The SMILES string of the molecule is COc1ccc2c(c1)CCC2=NOC(=O)c1ccc(OC)c([N+](=O)[O-])c1. The standard InChI is InChI=1S/C18H16N2O6/c1-24-13-5-6-14-11(9-13)3-7-15(14)19-26-18(21)12-4-8-17(25-2)16(10-12)20(22)23/h4-6,8-10H,3,7H2,1-2H3. The van der Waals surface area contributed by atoms with Crippen molar-refractivity contribution in [1.29, 1.82) is 0 Å². The number of benzene rings is 2. The van der Waals surface area contributed by atoms with Gasteiger partial charge in [-0.05, 0) is 48.7 Å². The lowest BCUT2D eigenvalue weighted by atomic mass is 10.1. The first-order valence-electron chi connectivity index (χ1n) is 7.81. The molecule has 0 saturated heterocycles. The van der Waals surface area contributed by atoms with Gasteiger partial charge in [0.25, 0.3) is 0 Å². The van der Waals surface area contributed by atoms with Crippen molar-refractivity contribution in [3.05, 3.63) is 63.2 Å². The molecule has 0 fully saturated rings. The van der Waals surface area contributed by atoms with E-state index in [4.69, 9.17) is 14.3 Å². The third-order valence-corrected chi connectivity index (χ3v) is 4.10. The lowest BCUT2D eigenvalue weighted by Gasteiger charge is -2.05. The monoisotopic (exact) mass is 356 g/mol. The van der Waals surface area contributed by atoms with Gasteiger partial charge in [-0.25, -0.2) is 4.79 Å². The molecule has 0 amide bonds. The van der Waals surface area contributed by atoms with Crippen LogP contribution in [0, 0.1) is 10.1 Å². The summed E-state index contributed by atoms with van der Waals surface area (Å²) in [5.74, 6) is 0.0503. The molecule has 8 nitrogen and oxygen atoms in total.